The summed E-state index contributed by atoms with van der Waals surface area (Å²) >= 11 is 0. The molecule has 0 spiro atoms. The van der Waals surface area contributed by atoms with Crippen LogP contribution in [0.5, 0.6) is 11.5 Å². The second kappa shape index (κ2) is 4.46. The third-order valence-electron chi connectivity index (χ3n) is 2.42. The van der Waals surface area contributed by atoms with Crippen molar-refractivity contribution in [1.82, 2.24) is 5.32 Å². The van der Waals surface area contributed by atoms with E-state index < -0.39 is 5.54 Å². The topological polar surface area (TPSA) is 52.5 Å². The first-order valence-corrected chi connectivity index (χ1v) is 5.13. The minimum Gasteiger partial charge on any atom is -0.508 e. The Balaban J connectivity index is 2.90. The summed E-state index contributed by atoms with van der Waals surface area (Å²) < 4.78 is 0. The highest BCUT2D eigenvalue weighted by atomic mass is 16.3. The number of phenols is 2. The average molecular weight is 219 g/mol. The van der Waals surface area contributed by atoms with Gasteiger partial charge in [0.25, 0.3) is 0 Å². The Hall–Kier alpha value is -1.66. The first-order valence-electron chi connectivity index (χ1n) is 5.13. The number of terminal acetylenes is 1. The van der Waals surface area contributed by atoms with Crippen LogP contribution in [0, 0.1) is 12.3 Å². The molecule has 0 bridgehead atoms. The van der Waals surface area contributed by atoms with Crippen LogP contribution in [0.2, 0.25) is 0 Å². The highest BCUT2D eigenvalue weighted by Gasteiger charge is 2.19. The number of phenolic OH excluding ortho intramolecular Hbond substituents is 2. The van der Waals surface area contributed by atoms with Gasteiger partial charge in [0.15, 0.2) is 0 Å². The number of nitrogens with one attached hydrogen (secondary N) is 1. The molecule has 1 rings (SSSR count). The summed E-state index contributed by atoms with van der Waals surface area (Å²) in [5.74, 6) is 2.74. The molecule has 0 aliphatic rings. The molecule has 0 aliphatic carbocycles. The molecule has 3 N–H and O–H groups in total. The second-order valence-corrected chi connectivity index (χ2v) is 4.38. The lowest BCUT2D eigenvalue weighted by Gasteiger charge is -2.25. The van der Waals surface area contributed by atoms with E-state index in [2.05, 4.69) is 11.2 Å². The van der Waals surface area contributed by atoms with Crippen molar-refractivity contribution in [2.24, 2.45) is 0 Å². The van der Waals surface area contributed by atoms with E-state index in [1.807, 2.05) is 20.8 Å². The lowest BCUT2D eigenvalue weighted by molar-refractivity contribution is 0.405. The van der Waals surface area contributed by atoms with Crippen LogP contribution < -0.4 is 5.32 Å². The lowest BCUT2D eigenvalue weighted by atomic mass is 10.0. The number of hydrogen-bond donors (Lipinski definition) is 3. The SMILES string of the molecule is C#CC(C)(C)NC(C)c1ccc(O)cc1O. The number of aromatic hydroxyl groups is 2. The maximum absolute atomic E-state index is 9.68. The first kappa shape index (κ1) is 12.4. The summed E-state index contributed by atoms with van der Waals surface area (Å²) in [5.41, 5.74) is 0.269. The summed E-state index contributed by atoms with van der Waals surface area (Å²) in [6, 6.07) is 4.44. The van der Waals surface area contributed by atoms with Gasteiger partial charge >= 0.3 is 0 Å². The van der Waals surface area contributed by atoms with Crippen LogP contribution in [0.25, 0.3) is 0 Å². The minimum absolute atomic E-state index is 0.0460. The monoisotopic (exact) mass is 219 g/mol. The van der Waals surface area contributed by atoms with Crippen molar-refractivity contribution >= 4 is 0 Å². The van der Waals surface area contributed by atoms with E-state index in [0.29, 0.717) is 5.56 Å². The second-order valence-electron chi connectivity index (χ2n) is 4.38. The Morgan fingerprint density at radius 1 is 1.38 bits per heavy atom. The van der Waals surface area contributed by atoms with E-state index in [9.17, 15) is 10.2 Å². The van der Waals surface area contributed by atoms with Gasteiger partial charge in [0.2, 0.25) is 0 Å². The summed E-state index contributed by atoms with van der Waals surface area (Å²) in [6.45, 7) is 5.69. The average Bonchev–Trinajstić information content (AvgIpc) is 2.16. The molecular formula is C13H17NO2. The third kappa shape index (κ3) is 2.91. The van der Waals surface area contributed by atoms with E-state index in [0.717, 1.165) is 0 Å². The molecule has 0 saturated carbocycles. The van der Waals surface area contributed by atoms with Gasteiger partial charge in [-0.15, -0.1) is 6.42 Å². The molecular weight excluding hydrogens is 202 g/mol. The number of benzene rings is 1. The van der Waals surface area contributed by atoms with E-state index in [1.165, 1.54) is 12.1 Å². The Labute approximate surface area is 96.1 Å². The zero-order valence-corrected chi connectivity index (χ0v) is 9.78. The molecule has 0 fully saturated rings. The third-order valence-corrected chi connectivity index (χ3v) is 2.42. The fourth-order valence-corrected chi connectivity index (χ4v) is 1.56. The molecule has 0 aliphatic heterocycles. The van der Waals surface area contributed by atoms with Crippen molar-refractivity contribution in [2.45, 2.75) is 32.4 Å². The van der Waals surface area contributed by atoms with Gasteiger partial charge < -0.3 is 10.2 Å². The maximum atomic E-state index is 9.68. The zero-order valence-electron chi connectivity index (χ0n) is 9.78. The molecule has 0 saturated heterocycles. The molecule has 1 atom stereocenters. The van der Waals surface area contributed by atoms with E-state index in [4.69, 9.17) is 6.42 Å². The van der Waals surface area contributed by atoms with Gasteiger partial charge in [-0.3, -0.25) is 5.32 Å². The molecule has 0 heterocycles. The smallest absolute Gasteiger partial charge is 0.124 e. The summed E-state index contributed by atoms with van der Waals surface area (Å²) in [5, 5.41) is 22.1. The van der Waals surface area contributed by atoms with E-state index in [1.54, 1.807) is 6.07 Å². The Morgan fingerprint density at radius 2 is 2.00 bits per heavy atom. The Bertz CT molecular complexity index is 418. The Morgan fingerprint density at radius 3 is 2.50 bits per heavy atom. The summed E-state index contributed by atoms with van der Waals surface area (Å²) in [4.78, 5) is 0. The normalized spacial score (nSPS) is 13.1. The van der Waals surface area contributed by atoms with Crippen molar-refractivity contribution in [1.29, 1.82) is 0 Å². The van der Waals surface area contributed by atoms with Crippen molar-refractivity contribution in [3.05, 3.63) is 23.8 Å². The minimum atomic E-state index is -0.441. The van der Waals surface area contributed by atoms with Crippen LogP contribution in [0.15, 0.2) is 18.2 Å². The number of rotatable bonds is 3. The predicted molar refractivity (Wildman–Crippen MR) is 64.2 cm³/mol. The molecule has 3 heteroatoms. The number of hydrogen-bond acceptors (Lipinski definition) is 3. The highest BCUT2D eigenvalue weighted by molar-refractivity contribution is 5.40. The summed E-state index contributed by atoms with van der Waals surface area (Å²) in [6.07, 6.45) is 5.38. The molecule has 3 nitrogen and oxygen atoms in total. The lowest BCUT2D eigenvalue weighted by Crippen LogP contribution is -2.39. The fourth-order valence-electron chi connectivity index (χ4n) is 1.56. The maximum Gasteiger partial charge on any atom is 0.124 e. The van der Waals surface area contributed by atoms with Gasteiger partial charge in [0.05, 0.1) is 5.54 Å². The van der Waals surface area contributed by atoms with Crippen molar-refractivity contribution in [3.8, 4) is 23.8 Å². The molecule has 0 aromatic heterocycles. The molecule has 1 aromatic rings. The van der Waals surface area contributed by atoms with Crippen LogP contribution >= 0.6 is 0 Å². The van der Waals surface area contributed by atoms with Gasteiger partial charge in [0, 0.05) is 17.7 Å². The van der Waals surface area contributed by atoms with Gasteiger partial charge in [-0.2, -0.15) is 0 Å². The predicted octanol–water partition coefficient (Wildman–Crippen LogP) is 2.16. The molecule has 1 unspecified atom stereocenters. The first-order chi connectivity index (χ1) is 7.35. The van der Waals surface area contributed by atoms with E-state index >= 15 is 0 Å². The van der Waals surface area contributed by atoms with E-state index in [-0.39, 0.29) is 17.5 Å². The molecule has 16 heavy (non-hydrogen) atoms. The largest absolute Gasteiger partial charge is 0.508 e. The van der Waals surface area contributed by atoms with Crippen LogP contribution in [-0.2, 0) is 0 Å². The molecule has 0 amide bonds. The highest BCUT2D eigenvalue weighted by Crippen LogP contribution is 2.28. The van der Waals surface area contributed by atoms with Crippen molar-refractivity contribution in [2.75, 3.05) is 0 Å². The van der Waals surface area contributed by atoms with Crippen molar-refractivity contribution in [3.63, 3.8) is 0 Å². The molecule has 86 valence electrons. The molecule has 1 aromatic carbocycles. The molecule has 0 radical (unpaired) electrons. The van der Waals surface area contributed by atoms with Gasteiger partial charge in [-0.1, -0.05) is 12.0 Å². The standard InChI is InChI=1S/C13H17NO2/c1-5-13(3,4)14-9(2)11-7-6-10(15)8-12(11)16/h1,6-9,14-16H,2-4H3. The van der Waals surface area contributed by atoms with Crippen molar-refractivity contribution < 1.29 is 10.2 Å². The van der Waals surface area contributed by atoms with Gasteiger partial charge in [-0.05, 0) is 26.8 Å². The van der Waals surface area contributed by atoms with Gasteiger partial charge in [-0.25, -0.2) is 0 Å². The van der Waals surface area contributed by atoms with Crippen LogP contribution in [0.4, 0.5) is 0 Å². The quantitative estimate of drug-likeness (QED) is 0.683. The van der Waals surface area contributed by atoms with Crippen LogP contribution in [0.1, 0.15) is 32.4 Å². The fraction of sp³-hybridized carbons (Fsp3) is 0.385. The summed E-state index contributed by atoms with van der Waals surface area (Å²) in [7, 11) is 0. The van der Waals surface area contributed by atoms with Crippen LogP contribution in [0.3, 0.4) is 0 Å². The van der Waals surface area contributed by atoms with Crippen LogP contribution in [-0.4, -0.2) is 15.8 Å². The zero-order chi connectivity index (χ0) is 12.3. The Kier molecular flexibility index (Phi) is 3.46. The van der Waals surface area contributed by atoms with Gasteiger partial charge in [0.1, 0.15) is 11.5 Å².